The van der Waals surface area contributed by atoms with Gasteiger partial charge in [0.1, 0.15) is 5.75 Å². The molecule has 154 valence electrons. The lowest BCUT2D eigenvalue weighted by molar-refractivity contribution is -0.123. The fraction of sp³-hybridized carbons (Fsp3) is 0.455. The first-order chi connectivity index (χ1) is 14.2. The molecule has 0 spiro atoms. The zero-order valence-electron chi connectivity index (χ0n) is 16.4. The molecule has 2 N–H and O–H groups in total. The largest absolute Gasteiger partial charge is 0.426 e. The lowest BCUT2D eigenvalue weighted by Crippen LogP contribution is -2.46. The maximum Gasteiger partial charge on any atom is 0.290 e. The van der Waals surface area contributed by atoms with E-state index in [1.807, 2.05) is 30.3 Å². The third-order valence-corrected chi connectivity index (χ3v) is 5.50. The van der Waals surface area contributed by atoms with E-state index in [2.05, 4.69) is 10.6 Å². The zero-order chi connectivity index (χ0) is 20.1. The van der Waals surface area contributed by atoms with Crippen molar-refractivity contribution in [2.75, 3.05) is 26.2 Å². The van der Waals surface area contributed by atoms with Gasteiger partial charge in [-0.25, -0.2) is 0 Å². The standard InChI is InChI=1S/C22H27N3O4/c26-21(18-9-4-12-23-18)24-14-16-6-5-13-25(15-16)22(27)19-10-11-20(29-19)28-17-7-2-1-3-8-17/h1-3,7-8,10-11,16,18,23H,4-6,9,12-15H2,(H,24,26). The summed E-state index contributed by atoms with van der Waals surface area (Å²) in [6.07, 6.45) is 3.86. The minimum Gasteiger partial charge on any atom is -0.426 e. The number of nitrogens with one attached hydrogen (secondary N) is 2. The Morgan fingerprint density at radius 3 is 2.79 bits per heavy atom. The van der Waals surface area contributed by atoms with Crippen LogP contribution in [0.2, 0.25) is 0 Å². The number of benzene rings is 1. The topological polar surface area (TPSA) is 83.8 Å². The minimum absolute atomic E-state index is 0.0671. The lowest BCUT2D eigenvalue weighted by atomic mass is 9.97. The number of likely N-dealkylation sites (tertiary alicyclic amines) is 1. The molecule has 1 aromatic carbocycles. The third-order valence-electron chi connectivity index (χ3n) is 5.50. The van der Waals surface area contributed by atoms with Gasteiger partial charge in [0.2, 0.25) is 5.91 Å². The molecule has 2 aliphatic heterocycles. The molecule has 7 nitrogen and oxygen atoms in total. The van der Waals surface area contributed by atoms with Crippen LogP contribution < -0.4 is 15.4 Å². The Hall–Kier alpha value is -2.80. The van der Waals surface area contributed by atoms with Gasteiger partial charge in [-0.2, -0.15) is 0 Å². The van der Waals surface area contributed by atoms with Crippen LogP contribution in [0.5, 0.6) is 11.7 Å². The fourth-order valence-corrected chi connectivity index (χ4v) is 3.94. The Balaban J connectivity index is 1.30. The van der Waals surface area contributed by atoms with Gasteiger partial charge in [0, 0.05) is 25.7 Å². The smallest absolute Gasteiger partial charge is 0.290 e. The molecule has 2 aromatic rings. The molecule has 4 rings (SSSR count). The lowest BCUT2D eigenvalue weighted by Gasteiger charge is -2.32. The van der Waals surface area contributed by atoms with E-state index in [0.29, 0.717) is 31.3 Å². The summed E-state index contributed by atoms with van der Waals surface area (Å²) >= 11 is 0. The van der Waals surface area contributed by atoms with Crippen LogP contribution in [0.15, 0.2) is 46.9 Å². The normalized spacial score (nSPS) is 21.7. The molecule has 29 heavy (non-hydrogen) atoms. The number of furan rings is 1. The quantitative estimate of drug-likeness (QED) is 0.783. The summed E-state index contributed by atoms with van der Waals surface area (Å²) < 4.78 is 11.3. The molecule has 2 saturated heterocycles. The van der Waals surface area contributed by atoms with Crippen molar-refractivity contribution in [3.05, 3.63) is 48.2 Å². The second-order valence-electron chi connectivity index (χ2n) is 7.69. The predicted molar refractivity (Wildman–Crippen MR) is 108 cm³/mol. The second-order valence-corrected chi connectivity index (χ2v) is 7.69. The number of amides is 2. The molecule has 2 aliphatic rings. The first kappa shape index (κ1) is 19.5. The Labute approximate surface area is 170 Å². The van der Waals surface area contributed by atoms with Crippen LogP contribution in [0.25, 0.3) is 0 Å². The highest BCUT2D eigenvalue weighted by atomic mass is 16.6. The van der Waals surface area contributed by atoms with Gasteiger partial charge in [-0.1, -0.05) is 18.2 Å². The number of hydrogen-bond acceptors (Lipinski definition) is 5. The average Bonchev–Trinajstić information content (AvgIpc) is 3.45. The number of hydrogen-bond donors (Lipinski definition) is 2. The van der Waals surface area contributed by atoms with Crippen LogP contribution in [0.3, 0.4) is 0 Å². The van der Waals surface area contributed by atoms with Crippen molar-refractivity contribution < 1.29 is 18.7 Å². The van der Waals surface area contributed by atoms with Gasteiger partial charge in [0.05, 0.1) is 6.04 Å². The molecule has 7 heteroatoms. The molecule has 2 atom stereocenters. The number of nitrogens with zero attached hydrogens (tertiary/aromatic N) is 1. The summed E-state index contributed by atoms with van der Waals surface area (Å²) in [5.41, 5.74) is 0. The van der Waals surface area contributed by atoms with Crippen molar-refractivity contribution in [2.45, 2.75) is 31.7 Å². The number of carbonyl (C=O) groups excluding carboxylic acids is 2. The molecule has 1 aromatic heterocycles. The molecular weight excluding hydrogens is 370 g/mol. The van der Waals surface area contributed by atoms with E-state index in [1.165, 1.54) is 0 Å². The molecule has 2 amide bonds. The SMILES string of the molecule is O=C(NCC1CCCN(C(=O)c2ccc(Oc3ccccc3)o2)C1)C1CCCN1. The summed E-state index contributed by atoms with van der Waals surface area (Å²) in [4.78, 5) is 26.8. The maximum absolute atomic E-state index is 12.8. The Morgan fingerprint density at radius 1 is 1.14 bits per heavy atom. The van der Waals surface area contributed by atoms with Crippen LogP contribution >= 0.6 is 0 Å². The number of ether oxygens (including phenoxy) is 1. The van der Waals surface area contributed by atoms with E-state index in [1.54, 1.807) is 17.0 Å². The first-order valence-corrected chi connectivity index (χ1v) is 10.3. The summed E-state index contributed by atoms with van der Waals surface area (Å²) in [5, 5.41) is 6.25. The summed E-state index contributed by atoms with van der Waals surface area (Å²) in [5.74, 6) is 1.42. The maximum atomic E-state index is 12.8. The van der Waals surface area contributed by atoms with E-state index in [-0.39, 0.29) is 29.5 Å². The summed E-state index contributed by atoms with van der Waals surface area (Å²) in [6, 6.07) is 12.6. The van der Waals surface area contributed by atoms with Crippen LogP contribution in [0.1, 0.15) is 36.2 Å². The zero-order valence-corrected chi connectivity index (χ0v) is 16.4. The number of rotatable bonds is 6. The van der Waals surface area contributed by atoms with E-state index in [0.717, 1.165) is 32.2 Å². The van der Waals surface area contributed by atoms with Crippen LogP contribution in [0.4, 0.5) is 0 Å². The van der Waals surface area contributed by atoms with Gasteiger partial charge in [-0.15, -0.1) is 0 Å². The van der Waals surface area contributed by atoms with Crippen LogP contribution in [-0.2, 0) is 4.79 Å². The van der Waals surface area contributed by atoms with Crippen molar-refractivity contribution >= 4 is 11.8 Å². The van der Waals surface area contributed by atoms with Crippen molar-refractivity contribution in [3.63, 3.8) is 0 Å². The van der Waals surface area contributed by atoms with Crippen LogP contribution in [0, 0.1) is 5.92 Å². The van der Waals surface area contributed by atoms with Gasteiger partial charge < -0.3 is 24.7 Å². The number of piperidine rings is 1. The molecular formula is C22H27N3O4. The Morgan fingerprint density at radius 2 is 2.00 bits per heavy atom. The molecule has 0 bridgehead atoms. The van der Waals surface area contributed by atoms with Gasteiger partial charge in [-0.05, 0) is 56.3 Å². The summed E-state index contributed by atoms with van der Waals surface area (Å²) in [6.45, 7) is 2.82. The fourth-order valence-electron chi connectivity index (χ4n) is 3.94. The Bertz CT molecular complexity index is 830. The van der Waals surface area contributed by atoms with Gasteiger partial charge in [0.25, 0.3) is 11.9 Å². The summed E-state index contributed by atoms with van der Waals surface area (Å²) in [7, 11) is 0. The van der Waals surface area contributed by atoms with Crippen molar-refractivity contribution in [2.24, 2.45) is 5.92 Å². The minimum atomic E-state index is -0.138. The third kappa shape index (κ3) is 4.98. The van der Waals surface area contributed by atoms with E-state index < -0.39 is 0 Å². The van der Waals surface area contributed by atoms with E-state index in [4.69, 9.17) is 9.15 Å². The highest BCUT2D eigenvalue weighted by Crippen LogP contribution is 2.25. The van der Waals surface area contributed by atoms with Gasteiger partial charge >= 0.3 is 0 Å². The number of para-hydroxylation sites is 1. The monoisotopic (exact) mass is 397 g/mol. The van der Waals surface area contributed by atoms with Crippen molar-refractivity contribution in [3.8, 4) is 11.7 Å². The molecule has 0 saturated carbocycles. The van der Waals surface area contributed by atoms with Crippen molar-refractivity contribution in [1.29, 1.82) is 0 Å². The highest BCUT2D eigenvalue weighted by Gasteiger charge is 2.28. The first-order valence-electron chi connectivity index (χ1n) is 10.3. The Kier molecular flexibility index (Phi) is 6.14. The predicted octanol–water partition coefficient (Wildman–Crippen LogP) is 2.79. The van der Waals surface area contributed by atoms with Crippen LogP contribution in [-0.4, -0.2) is 48.9 Å². The van der Waals surface area contributed by atoms with E-state index >= 15 is 0 Å². The van der Waals surface area contributed by atoms with E-state index in [9.17, 15) is 9.59 Å². The molecule has 2 fully saturated rings. The van der Waals surface area contributed by atoms with Gasteiger partial charge in [0.15, 0.2) is 5.76 Å². The molecule has 2 unspecified atom stereocenters. The average molecular weight is 397 g/mol. The molecule has 0 aliphatic carbocycles. The van der Waals surface area contributed by atoms with Gasteiger partial charge in [-0.3, -0.25) is 9.59 Å². The molecule has 0 radical (unpaired) electrons. The highest BCUT2D eigenvalue weighted by molar-refractivity contribution is 5.91. The number of carbonyl (C=O) groups is 2. The molecule has 3 heterocycles. The van der Waals surface area contributed by atoms with Crippen molar-refractivity contribution in [1.82, 2.24) is 15.5 Å². The second kappa shape index (κ2) is 9.13.